The Morgan fingerprint density at radius 1 is 1.09 bits per heavy atom. The third-order valence-electron chi connectivity index (χ3n) is 4.17. The van der Waals surface area contributed by atoms with E-state index in [1.165, 1.54) is 6.08 Å². The number of carbonyl (C=O) groups excluding carboxylic acids is 3. The normalized spacial score (nSPS) is 10.9. The standard InChI is InChI=1S/C24H29NO6S/c1-6-14-30-18-11-8-17(9-12-18)10-13-19(26)25-22-20(23(27)29-7-2)16(5)21(32-22)24(28)31-15(3)4/h8-13,15H,6-7,14H2,1-5H3,(H,25,26)/b13-10+. The van der Waals surface area contributed by atoms with Crippen LogP contribution in [0.1, 0.15) is 65.3 Å². The summed E-state index contributed by atoms with van der Waals surface area (Å²) in [4.78, 5) is 37.6. The number of nitrogens with one attached hydrogen (secondary N) is 1. The van der Waals surface area contributed by atoms with E-state index < -0.39 is 17.8 Å². The fraction of sp³-hybridized carbons (Fsp3) is 0.375. The molecule has 32 heavy (non-hydrogen) atoms. The molecule has 0 radical (unpaired) electrons. The number of benzene rings is 1. The predicted molar refractivity (Wildman–Crippen MR) is 125 cm³/mol. The number of rotatable bonds is 10. The maximum Gasteiger partial charge on any atom is 0.348 e. The first-order valence-electron chi connectivity index (χ1n) is 10.5. The second-order valence-corrected chi connectivity index (χ2v) is 8.20. The van der Waals surface area contributed by atoms with Gasteiger partial charge in [0.15, 0.2) is 0 Å². The molecule has 0 unspecified atom stereocenters. The summed E-state index contributed by atoms with van der Waals surface area (Å²) in [6.45, 7) is 9.65. The molecule has 0 aliphatic carbocycles. The van der Waals surface area contributed by atoms with Gasteiger partial charge in [-0.15, -0.1) is 11.3 Å². The molecule has 0 bridgehead atoms. The number of thiophene rings is 1. The molecule has 1 aromatic heterocycles. The molecule has 1 aromatic carbocycles. The first kappa shape index (κ1) is 25.1. The quantitative estimate of drug-likeness (QED) is 0.386. The van der Waals surface area contributed by atoms with Gasteiger partial charge in [0.25, 0.3) is 0 Å². The van der Waals surface area contributed by atoms with Crippen LogP contribution in [0.2, 0.25) is 0 Å². The summed E-state index contributed by atoms with van der Waals surface area (Å²) in [5, 5.41) is 2.93. The summed E-state index contributed by atoms with van der Waals surface area (Å²) >= 11 is 0.992. The van der Waals surface area contributed by atoms with Crippen LogP contribution in [-0.4, -0.2) is 37.2 Å². The molecule has 7 nitrogen and oxygen atoms in total. The van der Waals surface area contributed by atoms with Gasteiger partial charge >= 0.3 is 11.9 Å². The molecule has 8 heteroatoms. The molecule has 172 valence electrons. The van der Waals surface area contributed by atoms with E-state index in [0.717, 1.165) is 29.1 Å². The van der Waals surface area contributed by atoms with Crippen LogP contribution in [0, 0.1) is 6.92 Å². The van der Waals surface area contributed by atoms with Crippen molar-refractivity contribution >= 4 is 40.3 Å². The lowest BCUT2D eigenvalue weighted by Crippen LogP contribution is -2.13. The van der Waals surface area contributed by atoms with E-state index in [4.69, 9.17) is 14.2 Å². The van der Waals surface area contributed by atoms with Gasteiger partial charge in [0.1, 0.15) is 15.6 Å². The van der Waals surface area contributed by atoms with Gasteiger partial charge in [-0.25, -0.2) is 9.59 Å². The average molecular weight is 460 g/mol. The molecule has 0 atom stereocenters. The Balaban J connectivity index is 2.20. The van der Waals surface area contributed by atoms with Crippen LogP contribution in [-0.2, 0) is 14.3 Å². The molecule has 0 aliphatic rings. The van der Waals surface area contributed by atoms with Crippen molar-refractivity contribution in [3.8, 4) is 5.75 Å². The zero-order chi connectivity index (χ0) is 23.7. The van der Waals surface area contributed by atoms with E-state index in [2.05, 4.69) is 5.32 Å². The molecule has 0 saturated carbocycles. The molecule has 0 saturated heterocycles. The van der Waals surface area contributed by atoms with Crippen molar-refractivity contribution < 1.29 is 28.6 Å². The highest BCUT2D eigenvalue weighted by Crippen LogP contribution is 2.34. The number of amides is 1. The molecule has 2 aromatic rings. The van der Waals surface area contributed by atoms with E-state index in [0.29, 0.717) is 12.2 Å². The average Bonchev–Trinajstić information content (AvgIpc) is 3.07. The van der Waals surface area contributed by atoms with Crippen molar-refractivity contribution in [1.29, 1.82) is 0 Å². The molecule has 0 aliphatic heterocycles. The van der Waals surface area contributed by atoms with Gasteiger partial charge in [-0.05, 0) is 63.5 Å². The zero-order valence-corrected chi connectivity index (χ0v) is 19.8. The summed E-state index contributed by atoms with van der Waals surface area (Å²) in [7, 11) is 0. The van der Waals surface area contributed by atoms with Crippen molar-refractivity contribution in [2.45, 2.75) is 47.1 Å². The van der Waals surface area contributed by atoms with Crippen molar-refractivity contribution in [3.63, 3.8) is 0 Å². The predicted octanol–water partition coefficient (Wildman–Crippen LogP) is 5.24. The fourth-order valence-electron chi connectivity index (χ4n) is 2.73. The Morgan fingerprint density at radius 3 is 2.38 bits per heavy atom. The largest absolute Gasteiger partial charge is 0.494 e. The number of hydrogen-bond donors (Lipinski definition) is 1. The minimum atomic E-state index is -0.605. The van der Waals surface area contributed by atoms with Gasteiger partial charge in [-0.3, -0.25) is 4.79 Å². The van der Waals surface area contributed by atoms with Crippen LogP contribution in [0.3, 0.4) is 0 Å². The zero-order valence-electron chi connectivity index (χ0n) is 19.0. The van der Waals surface area contributed by atoms with Crippen molar-refractivity contribution in [1.82, 2.24) is 0 Å². The topological polar surface area (TPSA) is 90.9 Å². The summed E-state index contributed by atoms with van der Waals surface area (Å²) in [5.41, 5.74) is 1.39. The number of esters is 2. The molecule has 0 fully saturated rings. The van der Waals surface area contributed by atoms with Crippen LogP contribution >= 0.6 is 11.3 Å². The third kappa shape index (κ3) is 6.95. The second-order valence-electron chi connectivity index (χ2n) is 7.17. The van der Waals surface area contributed by atoms with E-state index in [1.54, 1.807) is 33.8 Å². The number of hydrogen-bond acceptors (Lipinski definition) is 7. The van der Waals surface area contributed by atoms with Crippen molar-refractivity contribution in [2.75, 3.05) is 18.5 Å². The Labute approximate surface area is 192 Å². The first-order chi connectivity index (χ1) is 15.3. The lowest BCUT2D eigenvalue weighted by molar-refractivity contribution is -0.111. The molecule has 1 N–H and O–H groups in total. The molecular weight excluding hydrogens is 430 g/mol. The monoisotopic (exact) mass is 459 g/mol. The Bertz CT molecular complexity index is 975. The molecular formula is C24H29NO6S. The van der Waals surface area contributed by atoms with Gasteiger partial charge in [0.05, 0.1) is 24.9 Å². The van der Waals surface area contributed by atoms with Gasteiger partial charge in [-0.1, -0.05) is 19.1 Å². The highest BCUT2D eigenvalue weighted by atomic mass is 32.1. The summed E-state index contributed by atoms with van der Waals surface area (Å²) in [6.07, 6.45) is 3.62. The van der Waals surface area contributed by atoms with Gasteiger partial charge in [0.2, 0.25) is 5.91 Å². The van der Waals surface area contributed by atoms with Crippen LogP contribution in [0.15, 0.2) is 30.3 Å². The highest BCUT2D eigenvalue weighted by Gasteiger charge is 2.27. The maximum atomic E-state index is 12.5. The highest BCUT2D eigenvalue weighted by molar-refractivity contribution is 7.18. The lowest BCUT2D eigenvalue weighted by atomic mass is 10.1. The van der Waals surface area contributed by atoms with E-state index in [1.807, 2.05) is 31.2 Å². The molecule has 2 rings (SSSR count). The SMILES string of the molecule is CCCOc1ccc(/C=C/C(=O)Nc2sc(C(=O)OC(C)C)c(C)c2C(=O)OCC)cc1. The van der Waals surface area contributed by atoms with Gasteiger partial charge in [-0.2, -0.15) is 0 Å². The summed E-state index contributed by atoms with van der Waals surface area (Å²) in [6, 6.07) is 7.35. The molecule has 1 heterocycles. The van der Waals surface area contributed by atoms with E-state index in [9.17, 15) is 14.4 Å². The smallest absolute Gasteiger partial charge is 0.348 e. The van der Waals surface area contributed by atoms with Crippen LogP contribution in [0.25, 0.3) is 6.08 Å². The summed E-state index contributed by atoms with van der Waals surface area (Å²) < 4.78 is 15.9. The Hall–Kier alpha value is -3.13. The summed E-state index contributed by atoms with van der Waals surface area (Å²) in [5.74, 6) is -0.824. The minimum absolute atomic E-state index is 0.159. The Kier molecular flexibility index (Phi) is 9.46. The second kappa shape index (κ2) is 12.0. The fourth-order valence-corrected chi connectivity index (χ4v) is 3.81. The van der Waals surface area contributed by atoms with Gasteiger partial charge < -0.3 is 19.5 Å². The van der Waals surface area contributed by atoms with Crippen LogP contribution < -0.4 is 10.1 Å². The first-order valence-corrected chi connectivity index (χ1v) is 11.3. The van der Waals surface area contributed by atoms with Crippen molar-refractivity contribution in [3.05, 3.63) is 51.9 Å². The van der Waals surface area contributed by atoms with Crippen LogP contribution in [0.4, 0.5) is 5.00 Å². The van der Waals surface area contributed by atoms with Crippen LogP contribution in [0.5, 0.6) is 5.75 Å². The maximum absolute atomic E-state index is 12.5. The van der Waals surface area contributed by atoms with Crippen molar-refractivity contribution in [2.24, 2.45) is 0 Å². The number of carbonyl (C=O) groups is 3. The minimum Gasteiger partial charge on any atom is -0.494 e. The lowest BCUT2D eigenvalue weighted by Gasteiger charge is -2.07. The van der Waals surface area contributed by atoms with E-state index in [-0.39, 0.29) is 28.2 Å². The molecule has 0 spiro atoms. The third-order valence-corrected chi connectivity index (χ3v) is 5.36. The number of ether oxygens (including phenoxy) is 3. The van der Waals surface area contributed by atoms with Gasteiger partial charge in [0, 0.05) is 6.08 Å². The molecule has 1 amide bonds. The number of anilines is 1. The van der Waals surface area contributed by atoms with E-state index >= 15 is 0 Å². The Morgan fingerprint density at radius 2 is 1.78 bits per heavy atom.